The second-order valence-corrected chi connectivity index (χ2v) is 5.46. The molecule has 3 nitrogen and oxygen atoms in total. The summed E-state index contributed by atoms with van der Waals surface area (Å²) in [5.41, 5.74) is 1.39. The Morgan fingerprint density at radius 1 is 1.38 bits per heavy atom. The molecule has 0 aliphatic rings. The van der Waals surface area contributed by atoms with E-state index in [1.165, 1.54) is 0 Å². The van der Waals surface area contributed by atoms with Gasteiger partial charge in [0.2, 0.25) is 0 Å². The Hall–Kier alpha value is -1.58. The SMILES string of the molecule is CCCCOC(C(=O)O)c1c(C)cc2ccccc2c1Cl. The molecule has 0 saturated heterocycles. The molecule has 21 heavy (non-hydrogen) atoms. The fourth-order valence-electron chi connectivity index (χ4n) is 2.40. The van der Waals surface area contributed by atoms with Crippen LogP contribution in [0.5, 0.6) is 0 Å². The minimum Gasteiger partial charge on any atom is -0.479 e. The average Bonchev–Trinajstić information content (AvgIpc) is 2.45. The third-order valence-corrected chi connectivity index (χ3v) is 3.91. The number of fused-ring (bicyclic) bond motifs is 1. The average molecular weight is 307 g/mol. The van der Waals surface area contributed by atoms with Gasteiger partial charge in [0.05, 0.1) is 5.02 Å². The van der Waals surface area contributed by atoms with Crippen LogP contribution in [0.3, 0.4) is 0 Å². The zero-order valence-electron chi connectivity index (χ0n) is 12.2. The van der Waals surface area contributed by atoms with Crippen molar-refractivity contribution in [2.24, 2.45) is 0 Å². The number of carboxylic acids is 1. The van der Waals surface area contributed by atoms with Crippen molar-refractivity contribution in [3.8, 4) is 0 Å². The van der Waals surface area contributed by atoms with Crippen LogP contribution in [0, 0.1) is 6.92 Å². The van der Waals surface area contributed by atoms with Gasteiger partial charge in [0.25, 0.3) is 0 Å². The lowest BCUT2D eigenvalue weighted by molar-refractivity contribution is -0.151. The molecule has 1 atom stereocenters. The van der Waals surface area contributed by atoms with Gasteiger partial charge >= 0.3 is 5.97 Å². The molecule has 0 amide bonds. The zero-order valence-corrected chi connectivity index (χ0v) is 13.0. The minimum atomic E-state index is -1.02. The molecule has 2 aromatic carbocycles. The van der Waals surface area contributed by atoms with E-state index in [0.29, 0.717) is 17.2 Å². The van der Waals surface area contributed by atoms with Crippen molar-refractivity contribution < 1.29 is 14.6 Å². The third-order valence-electron chi connectivity index (χ3n) is 3.50. The van der Waals surface area contributed by atoms with E-state index < -0.39 is 12.1 Å². The van der Waals surface area contributed by atoms with Gasteiger partial charge in [0.15, 0.2) is 6.10 Å². The van der Waals surface area contributed by atoms with E-state index >= 15 is 0 Å². The highest BCUT2D eigenvalue weighted by Crippen LogP contribution is 2.35. The molecule has 0 aromatic heterocycles. The normalized spacial score (nSPS) is 12.5. The molecule has 0 saturated carbocycles. The number of ether oxygens (including phenoxy) is 1. The van der Waals surface area contributed by atoms with Crippen LogP contribution in [0.15, 0.2) is 30.3 Å². The Morgan fingerprint density at radius 2 is 2.10 bits per heavy atom. The Bertz CT molecular complexity index is 652. The van der Waals surface area contributed by atoms with Gasteiger partial charge in [0, 0.05) is 17.6 Å². The molecule has 112 valence electrons. The molecule has 0 spiro atoms. The molecule has 0 heterocycles. The summed E-state index contributed by atoms with van der Waals surface area (Å²) >= 11 is 6.46. The van der Waals surface area contributed by atoms with Crippen molar-refractivity contribution in [2.75, 3.05) is 6.61 Å². The van der Waals surface area contributed by atoms with Crippen LogP contribution >= 0.6 is 11.6 Å². The van der Waals surface area contributed by atoms with Gasteiger partial charge < -0.3 is 9.84 Å². The van der Waals surface area contributed by atoms with Gasteiger partial charge in [-0.05, 0) is 24.3 Å². The van der Waals surface area contributed by atoms with Crippen molar-refractivity contribution >= 4 is 28.3 Å². The number of carbonyl (C=O) groups is 1. The van der Waals surface area contributed by atoms with Crippen molar-refractivity contribution in [3.63, 3.8) is 0 Å². The molecule has 0 bridgehead atoms. The summed E-state index contributed by atoms with van der Waals surface area (Å²) in [6.07, 6.45) is 0.763. The van der Waals surface area contributed by atoms with Gasteiger partial charge in [-0.25, -0.2) is 4.79 Å². The van der Waals surface area contributed by atoms with E-state index in [1.54, 1.807) is 0 Å². The number of hydrogen-bond acceptors (Lipinski definition) is 2. The van der Waals surface area contributed by atoms with Crippen LogP contribution in [-0.2, 0) is 9.53 Å². The van der Waals surface area contributed by atoms with Crippen LogP contribution in [0.2, 0.25) is 5.02 Å². The maximum absolute atomic E-state index is 11.6. The molecule has 2 rings (SSSR count). The number of benzene rings is 2. The van der Waals surface area contributed by atoms with Crippen molar-refractivity contribution in [3.05, 3.63) is 46.5 Å². The van der Waals surface area contributed by atoms with Crippen molar-refractivity contribution in [1.29, 1.82) is 0 Å². The number of aryl methyl sites for hydroxylation is 1. The summed E-state index contributed by atoms with van der Waals surface area (Å²) in [5.74, 6) is -1.01. The Balaban J connectivity index is 2.49. The first-order valence-electron chi connectivity index (χ1n) is 7.08. The second kappa shape index (κ2) is 6.92. The highest BCUT2D eigenvalue weighted by Gasteiger charge is 2.26. The van der Waals surface area contributed by atoms with Crippen LogP contribution in [0.1, 0.15) is 37.0 Å². The molecule has 2 aromatic rings. The maximum atomic E-state index is 11.6. The zero-order chi connectivity index (χ0) is 15.4. The van der Waals surface area contributed by atoms with Crippen molar-refractivity contribution in [1.82, 2.24) is 0 Å². The number of rotatable bonds is 6. The molecule has 0 aliphatic carbocycles. The largest absolute Gasteiger partial charge is 0.479 e. The quantitative estimate of drug-likeness (QED) is 0.784. The topological polar surface area (TPSA) is 46.5 Å². The summed E-state index contributed by atoms with van der Waals surface area (Å²) in [4.78, 5) is 11.6. The number of hydrogen-bond donors (Lipinski definition) is 1. The minimum absolute atomic E-state index is 0.413. The fourth-order valence-corrected chi connectivity index (χ4v) is 2.82. The summed E-state index contributed by atoms with van der Waals surface area (Å²) in [6.45, 7) is 4.32. The number of halogens is 1. The molecule has 0 aliphatic heterocycles. The van der Waals surface area contributed by atoms with Crippen molar-refractivity contribution in [2.45, 2.75) is 32.8 Å². The predicted molar refractivity (Wildman–Crippen MR) is 84.9 cm³/mol. The van der Waals surface area contributed by atoms with E-state index in [0.717, 1.165) is 29.2 Å². The standard InChI is InChI=1S/C17H19ClO3/c1-3-4-9-21-16(17(19)20)14-11(2)10-12-7-5-6-8-13(12)15(14)18/h5-8,10,16H,3-4,9H2,1-2H3,(H,19,20). The summed E-state index contributed by atoms with van der Waals surface area (Å²) in [6, 6.07) is 9.64. The van der Waals surface area contributed by atoms with Gasteiger partial charge in [-0.2, -0.15) is 0 Å². The van der Waals surface area contributed by atoms with Gasteiger partial charge in [-0.3, -0.25) is 0 Å². The van der Waals surface area contributed by atoms with Crippen LogP contribution in [0.4, 0.5) is 0 Å². The Kier molecular flexibility index (Phi) is 5.21. The summed E-state index contributed by atoms with van der Waals surface area (Å²) in [5, 5.41) is 11.8. The monoisotopic (exact) mass is 306 g/mol. The molecule has 1 unspecified atom stereocenters. The van der Waals surface area contributed by atoms with E-state index in [-0.39, 0.29) is 0 Å². The Labute approximate surface area is 129 Å². The lowest BCUT2D eigenvalue weighted by Gasteiger charge is -2.19. The molecule has 4 heteroatoms. The summed E-state index contributed by atoms with van der Waals surface area (Å²) < 4.78 is 5.56. The number of carboxylic acid groups (broad SMARTS) is 1. The lowest BCUT2D eigenvalue weighted by Crippen LogP contribution is -2.17. The third kappa shape index (κ3) is 3.36. The van der Waals surface area contributed by atoms with Gasteiger partial charge in [-0.1, -0.05) is 55.3 Å². The van der Waals surface area contributed by atoms with E-state index in [4.69, 9.17) is 16.3 Å². The van der Waals surface area contributed by atoms with E-state index in [1.807, 2.05) is 44.2 Å². The molecule has 0 radical (unpaired) electrons. The summed E-state index contributed by atoms with van der Waals surface area (Å²) in [7, 11) is 0. The number of unbranched alkanes of at least 4 members (excludes halogenated alkanes) is 1. The van der Waals surface area contributed by atoms with Gasteiger partial charge in [-0.15, -0.1) is 0 Å². The smallest absolute Gasteiger partial charge is 0.337 e. The first-order valence-corrected chi connectivity index (χ1v) is 7.46. The molecule has 0 fully saturated rings. The maximum Gasteiger partial charge on any atom is 0.337 e. The Morgan fingerprint density at radius 3 is 2.76 bits per heavy atom. The van der Waals surface area contributed by atoms with Crippen LogP contribution in [0.25, 0.3) is 10.8 Å². The first kappa shape index (κ1) is 15.8. The molecular weight excluding hydrogens is 288 g/mol. The first-order chi connectivity index (χ1) is 10.1. The number of aliphatic carboxylic acids is 1. The highest BCUT2D eigenvalue weighted by atomic mass is 35.5. The van der Waals surface area contributed by atoms with E-state index in [2.05, 4.69) is 0 Å². The highest BCUT2D eigenvalue weighted by molar-refractivity contribution is 6.36. The predicted octanol–water partition coefficient (Wildman–Crippen LogP) is 4.74. The second-order valence-electron chi connectivity index (χ2n) is 5.08. The fraction of sp³-hybridized carbons (Fsp3) is 0.353. The molecular formula is C17H19ClO3. The van der Waals surface area contributed by atoms with Gasteiger partial charge in [0.1, 0.15) is 0 Å². The lowest BCUT2D eigenvalue weighted by atomic mass is 9.97. The van der Waals surface area contributed by atoms with Crippen LogP contribution < -0.4 is 0 Å². The van der Waals surface area contributed by atoms with E-state index in [9.17, 15) is 9.90 Å². The molecule has 1 N–H and O–H groups in total. The van der Waals surface area contributed by atoms with Crippen LogP contribution in [-0.4, -0.2) is 17.7 Å².